The van der Waals surface area contributed by atoms with Crippen LogP contribution in [-0.4, -0.2) is 29.1 Å². The summed E-state index contributed by atoms with van der Waals surface area (Å²) < 4.78 is 11.6. The first-order valence-electron chi connectivity index (χ1n) is 10.4. The number of halogens is 1. The van der Waals surface area contributed by atoms with E-state index in [0.717, 1.165) is 29.7 Å². The molecule has 1 aliphatic rings. The molecular weight excluding hydrogens is 505 g/mol. The summed E-state index contributed by atoms with van der Waals surface area (Å²) in [6.45, 7) is 1.14. The number of nitrogens with zero attached hydrogens (tertiary/aromatic N) is 3. The van der Waals surface area contributed by atoms with Crippen LogP contribution in [0.15, 0.2) is 64.3 Å². The third-order valence-corrected chi connectivity index (χ3v) is 5.08. The molecule has 0 spiro atoms. The second kappa shape index (κ2) is 11.7. The predicted molar refractivity (Wildman–Crippen MR) is 132 cm³/mol. The number of guanidine groups is 1. The van der Waals surface area contributed by atoms with Gasteiger partial charge < -0.3 is 19.8 Å². The van der Waals surface area contributed by atoms with E-state index in [-0.39, 0.29) is 24.0 Å². The molecule has 31 heavy (non-hydrogen) atoms. The number of hydrogen-bond donors (Lipinski definition) is 2. The zero-order chi connectivity index (χ0) is 20.6. The smallest absolute Gasteiger partial charge is 0.226 e. The molecule has 7 nitrogen and oxygen atoms in total. The molecule has 4 rings (SSSR count). The Labute approximate surface area is 199 Å². The minimum atomic E-state index is 0. The maximum atomic E-state index is 5.99. The Morgan fingerprint density at radius 3 is 2.68 bits per heavy atom. The molecule has 0 bridgehead atoms. The van der Waals surface area contributed by atoms with E-state index in [9.17, 15) is 0 Å². The van der Waals surface area contributed by atoms with E-state index in [4.69, 9.17) is 9.15 Å². The van der Waals surface area contributed by atoms with Gasteiger partial charge in [-0.1, -0.05) is 18.2 Å². The van der Waals surface area contributed by atoms with Crippen LogP contribution in [0.4, 0.5) is 0 Å². The summed E-state index contributed by atoms with van der Waals surface area (Å²) in [4.78, 5) is 13.1. The molecule has 0 radical (unpaired) electrons. The zero-order valence-corrected chi connectivity index (χ0v) is 19.9. The average molecular weight is 533 g/mol. The Bertz CT molecular complexity index is 971. The van der Waals surface area contributed by atoms with Crippen LogP contribution in [0, 0.1) is 0 Å². The van der Waals surface area contributed by atoms with Gasteiger partial charge in [-0.15, -0.1) is 24.0 Å². The molecule has 164 valence electrons. The Kier molecular flexibility index (Phi) is 8.69. The summed E-state index contributed by atoms with van der Waals surface area (Å²) in [6.07, 6.45) is 8.48. The third kappa shape index (κ3) is 6.68. The van der Waals surface area contributed by atoms with E-state index in [2.05, 4.69) is 25.6 Å². The summed E-state index contributed by atoms with van der Waals surface area (Å²) in [6, 6.07) is 13.8. The number of ether oxygens (including phenoxy) is 1. The van der Waals surface area contributed by atoms with Gasteiger partial charge in [-0.3, -0.25) is 4.99 Å². The molecule has 0 amide bonds. The van der Waals surface area contributed by atoms with E-state index >= 15 is 0 Å². The molecule has 1 aliphatic carbocycles. The number of oxazole rings is 1. The number of benzene rings is 1. The molecule has 2 heterocycles. The minimum absolute atomic E-state index is 0. The van der Waals surface area contributed by atoms with Crippen LogP contribution in [0.2, 0.25) is 0 Å². The Morgan fingerprint density at radius 2 is 1.90 bits per heavy atom. The molecule has 1 saturated carbocycles. The van der Waals surface area contributed by atoms with Crippen molar-refractivity contribution in [3.63, 3.8) is 0 Å². The number of rotatable bonds is 7. The molecule has 8 heteroatoms. The zero-order valence-electron chi connectivity index (χ0n) is 17.6. The highest BCUT2D eigenvalue weighted by Gasteiger charge is 2.17. The van der Waals surface area contributed by atoms with Crippen molar-refractivity contribution >= 4 is 29.9 Å². The summed E-state index contributed by atoms with van der Waals surface area (Å²) in [5.74, 6) is 2.00. The monoisotopic (exact) mass is 533 g/mol. The second-order valence-corrected chi connectivity index (χ2v) is 7.32. The molecule has 1 aromatic carbocycles. The summed E-state index contributed by atoms with van der Waals surface area (Å²) in [5.41, 5.74) is 2.86. The first-order valence-corrected chi connectivity index (χ1v) is 10.4. The highest BCUT2D eigenvalue weighted by molar-refractivity contribution is 14.0. The molecule has 1 fully saturated rings. The Balaban J connectivity index is 0.00000272. The molecule has 0 unspecified atom stereocenters. The van der Waals surface area contributed by atoms with Gasteiger partial charge in [0.2, 0.25) is 11.8 Å². The van der Waals surface area contributed by atoms with E-state index in [1.165, 1.54) is 12.8 Å². The van der Waals surface area contributed by atoms with Crippen LogP contribution < -0.4 is 15.4 Å². The highest BCUT2D eigenvalue weighted by atomic mass is 127. The van der Waals surface area contributed by atoms with Gasteiger partial charge in [0.1, 0.15) is 12.4 Å². The first kappa shape index (κ1) is 23.1. The number of hydrogen-bond acceptors (Lipinski definition) is 5. The number of pyridine rings is 1. The van der Waals surface area contributed by atoms with Crippen molar-refractivity contribution in [2.45, 2.75) is 44.9 Å². The van der Waals surface area contributed by atoms with Crippen molar-refractivity contribution in [1.29, 1.82) is 0 Å². The molecule has 0 saturated heterocycles. The van der Waals surface area contributed by atoms with Crippen LogP contribution >= 0.6 is 24.0 Å². The standard InChI is InChI=1S/C23H27N5O2.HI/c1-24-23(27-15-19-16-29-22(28-19)18-7-3-2-4-8-18)26-14-17-11-12-25-21(13-17)30-20-9-5-6-10-20;/h2-4,7-8,11-13,16,20H,5-6,9-10,14-15H2,1H3,(H2,24,26,27);1H. The second-order valence-electron chi connectivity index (χ2n) is 7.32. The van der Waals surface area contributed by atoms with Gasteiger partial charge in [0, 0.05) is 31.4 Å². The van der Waals surface area contributed by atoms with Gasteiger partial charge in [-0.05, 0) is 49.4 Å². The van der Waals surface area contributed by atoms with Crippen molar-refractivity contribution in [2.24, 2.45) is 4.99 Å². The lowest BCUT2D eigenvalue weighted by atomic mass is 10.2. The fraction of sp³-hybridized carbons (Fsp3) is 0.348. The van der Waals surface area contributed by atoms with Crippen molar-refractivity contribution in [2.75, 3.05) is 7.05 Å². The average Bonchev–Trinajstić information content (AvgIpc) is 3.47. The van der Waals surface area contributed by atoms with Gasteiger partial charge in [0.25, 0.3) is 0 Å². The van der Waals surface area contributed by atoms with Gasteiger partial charge >= 0.3 is 0 Å². The maximum absolute atomic E-state index is 5.99. The van der Waals surface area contributed by atoms with Crippen LogP contribution in [0.3, 0.4) is 0 Å². The molecule has 3 aromatic rings. The molecule has 2 N–H and O–H groups in total. The van der Waals surface area contributed by atoms with Gasteiger partial charge in [0.05, 0.1) is 12.2 Å². The van der Waals surface area contributed by atoms with E-state index in [1.54, 1.807) is 19.5 Å². The lowest BCUT2D eigenvalue weighted by Crippen LogP contribution is -2.36. The summed E-state index contributed by atoms with van der Waals surface area (Å²) in [5, 5.41) is 6.58. The fourth-order valence-corrected chi connectivity index (χ4v) is 3.48. The van der Waals surface area contributed by atoms with E-state index < -0.39 is 0 Å². The van der Waals surface area contributed by atoms with Gasteiger partial charge in [-0.2, -0.15) is 0 Å². The molecule has 2 aromatic heterocycles. The van der Waals surface area contributed by atoms with E-state index in [0.29, 0.717) is 36.9 Å². The van der Waals surface area contributed by atoms with Crippen LogP contribution in [0.25, 0.3) is 11.5 Å². The molecular formula is C23H28IN5O2. The third-order valence-electron chi connectivity index (χ3n) is 5.08. The minimum Gasteiger partial charge on any atom is -0.474 e. The molecule has 0 aliphatic heterocycles. The van der Waals surface area contributed by atoms with Gasteiger partial charge in [-0.25, -0.2) is 9.97 Å². The highest BCUT2D eigenvalue weighted by Crippen LogP contribution is 2.23. The first-order chi connectivity index (χ1) is 14.8. The molecule has 0 atom stereocenters. The van der Waals surface area contributed by atoms with Crippen LogP contribution in [0.1, 0.15) is 36.9 Å². The predicted octanol–water partition coefficient (Wildman–Crippen LogP) is 4.54. The maximum Gasteiger partial charge on any atom is 0.226 e. The fourth-order valence-electron chi connectivity index (χ4n) is 3.48. The number of aliphatic imine (C=N–C) groups is 1. The lowest BCUT2D eigenvalue weighted by Gasteiger charge is -2.14. The largest absolute Gasteiger partial charge is 0.474 e. The van der Waals surface area contributed by atoms with E-state index in [1.807, 2.05) is 42.5 Å². The summed E-state index contributed by atoms with van der Waals surface area (Å²) in [7, 11) is 1.74. The van der Waals surface area contributed by atoms with Crippen LogP contribution in [0.5, 0.6) is 5.88 Å². The van der Waals surface area contributed by atoms with Gasteiger partial charge in [0.15, 0.2) is 5.96 Å². The summed E-state index contributed by atoms with van der Waals surface area (Å²) >= 11 is 0. The van der Waals surface area contributed by atoms with Crippen molar-refractivity contribution in [3.05, 3.63) is 66.2 Å². The van der Waals surface area contributed by atoms with Crippen molar-refractivity contribution in [1.82, 2.24) is 20.6 Å². The number of nitrogens with one attached hydrogen (secondary N) is 2. The lowest BCUT2D eigenvalue weighted by molar-refractivity contribution is 0.201. The Morgan fingerprint density at radius 1 is 1.13 bits per heavy atom. The quantitative estimate of drug-likeness (QED) is 0.264. The van der Waals surface area contributed by atoms with Crippen molar-refractivity contribution < 1.29 is 9.15 Å². The topological polar surface area (TPSA) is 84.6 Å². The SMILES string of the molecule is CN=C(NCc1ccnc(OC2CCCC2)c1)NCc1coc(-c2ccccc2)n1.I. The Hall–Kier alpha value is -2.62. The van der Waals surface area contributed by atoms with Crippen LogP contribution in [-0.2, 0) is 13.1 Å². The van der Waals surface area contributed by atoms with Crippen molar-refractivity contribution in [3.8, 4) is 17.3 Å². The number of aromatic nitrogens is 2. The normalized spacial score (nSPS) is 14.2.